The fourth-order valence-corrected chi connectivity index (χ4v) is 23.0. The number of hydrogen-bond donors (Lipinski definition) is 0. The van der Waals surface area contributed by atoms with Crippen LogP contribution in [0.4, 0.5) is 5.95 Å². The Morgan fingerprint density at radius 3 is 2.08 bits per heavy atom. The minimum absolute atomic E-state index is 0.738. The summed E-state index contributed by atoms with van der Waals surface area (Å²) < 4.78 is 7.78. The van der Waals surface area contributed by atoms with Crippen LogP contribution in [-0.4, -0.2) is 57.7 Å². The Bertz CT molecular complexity index is 632. The number of unbranched alkanes of at least 4 members (excludes halogenated alkanes) is 3. The molecule has 2 aromatic heterocycles. The number of tetrazole rings is 1. The summed E-state index contributed by atoms with van der Waals surface area (Å²) in [6.45, 7) is 6.95. The second-order valence-corrected chi connectivity index (χ2v) is 22.6. The molecule has 0 amide bonds. The monoisotopic (exact) mass is 486 g/mol. The molecule has 8 heteroatoms. The van der Waals surface area contributed by atoms with Gasteiger partial charge in [0.1, 0.15) is 0 Å². The number of hydrogen-bond acceptors (Lipinski definition) is 6. The molecule has 26 heavy (non-hydrogen) atoms. The van der Waals surface area contributed by atoms with E-state index in [1.165, 1.54) is 51.8 Å². The molecule has 0 atom stereocenters. The van der Waals surface area contributed by atoms with E-state index in [9.17, 15) is 0 Å². The Morgan fingerprint density at radius 2 is 1.58 bits per heavy atom. The van der Waals surface area contributed by atoms with Crippen LogP contribution < -0.4 is 7.79 Å². The van der Waals surface area contributed by atoms with Gasteiger partial charge in [-0.3, -0.25) is 0 Å². The molecule has 0 saturated carbocycles. The van der Waals surface area contributed by atoms with Crippen molar-refractivity contribution in [3.05, 3.63) is 6.20 Å². The van der Waals surface area contributed by atoms with Gasteiger partial charge in [-0.15, -0.1) is 0 Å². The Hall–Kier alpha value is -0.701. The Morgan fingerprint density at radius 1 is 1.00 bits per heavy atom. The van der Waals surface area contributed by atoms with Crippen LogP contribution in [-0.2, 0) is 0 Å². The third-order valence-electron chi connectivity index (χ3n) is 5.08. The summed E-state index contributed by atoms with van der Waals surface area (Å²) in [7, 11) is 3.92. The molecule has 0 aliphatic heterocycles. The van der Waals surface area contributed by atoms with E-state index in [1.54, 1.807) is 7.57 Å². The molecule has 0 saturated heterocycles. The Kier molecular flexibility index (Phi) is 8.79. The number of aromatic nitrogens is 5. The van der Waals surface area contributed by atoms with Gasteiger partial charge in [-0.2, -0.15) is 0 Å². The molecular formula is C18H34N6SSn. The van der Waals surface area contributed by atoms with Gasteiger partial charge in [0.2, 0.25) is 0 Å². The molecule has 2 heterocycles. The van der Waals surface area contributed by atoms with Gasteiger partial charge in [0.05, 0.1) is 0 Å². The fourth-order valence-electron chi connectivity index (χ4n) is 3.48. The number of anilines is 1. The van der Waals surface area contributed by atoms with Crippen LogP contribution in [0.25, 0.3) is 5.13 Å². The quantitative estimate of drug-likeness (QED) is 0.421. The van der Waals surface area contributed by atoms with Gasteiger partial charge in [0, 0.05) is 0 Å². The van der Waals surface area contributed by atoms with Crippen LogP contribution in [0.15, 0.2) is 6.20 Å². The van der Waals surface area contributed by atoms with Gasteiger partial charge < -0.3 is 0 Å². The summed E-state index contributed by atoms with van der Waals surface area (Å²) >= 11 is -0.557. The average Bonchev–Trinajstić information content (AvgIpc) is 3.30. The van der Waals surface area contributed by atoms with Crippen molar-refractivity contribution in [1.29, 1.82) is 0 Å². The van der Waals surface area contributed by atoms with Crippen LogP contribution in [0.3, 0.4) is 0 Å². The predicted octanol–water partition coefficient (Wildman–Crippen LogP) is 4.24. The van der Waals surface area contributed by atoms with Gasteiger partial charge in [0.15, 0.2) is 0 Å². The van der Waals surface area contributed by atoms with E-state index in [0.29, 0.717) is 0 Å². The fraction of sp³-hybridized carbons (Fsp3) is 0.778. The zero-order chi connectivity index (χ0) is 19.0. The van der Waals surface area contributed by atoms with E-state index in [1.807, 2.05) is 30.3 Å². The molecule has 0 unspecified atom stereocenters. The predicted molar refractivity (Wildman–Crippen MR) is 114 cm³/mol. The zero-order valence-electron chi connectivity index (χ0n) is 17.0. The maximum atomic E-state index is 4.76. The Labute approximate surface area is 166 Å². The summed E-state index contributed by atoms with van der Waals surface area (Å²) in [6, 6.07) is 0. The molecule has 0 N–H and O–H groups in total. The molecular weight excluding hydrogens is 451 g/mol. The normalized spacial score (nSPS) is 11.9. The average molecular weight is 485 g/mol. The van der Waals surface area contributed by atoms with E-state index in [0.717, 1.165) is 11.1 Å². The maximum absolute atomic E-state index is 4.76. The molecule has 0 aliphatic rings. The second kappa shape index (κ2) is 10.6. The minimum atomic E-state index is -2.41. The third kappa shape index (κ3) is 5.18. The van der Waals surface area contributed by atoms with E-state index in [4.69, 9.17) is 4.98 Å². The van der Waals surface area contributed by atoms with Crippen molar-refractivity contribution in [3.8, 4) is 5.13 Å². The molecule has 2 rings (SSSR count). The molecule has 6 nitrogen and oxygen atoms in total. The van der Waals surface area contributed by atoms with Crippen molar-refractivity contribution in [3.63, 3.8) is 0 Å². The van der Waals surface area contributed by atoms with Crippen molar-refractivity contribution in [1.82, 2.24) is 25.2 Å². The van der Waals surface area contributed by atoms with Gasteiger partial charge in [-0.05, 0) is 0 Å². The van der Waals surface area contributed by atoms with Crippen molar-refractivity contribution < 1.29 is 0 Å². The molecule has 0 aliphatic carbocycles. The Balaban J connectivity index is 2.37. The first-order chi connectivity index (χ1) is 12.6. The zero-order valence-corrected chi connectivity index (χ0v) is 20.7. The van der Waals surface area contributed by atoms with E-state index < -0.39 is 18.4 Å². The molecule has 0 aromatic carbocycles. The van der Waals surface area contributed by atoms with Crippen LogP contribution >= 0.6 is 11.3 Å². The molecule has 2 aromatic rings. The van der Waals surface area contributed by atoms with Crippen LogP contribution in [0.5, 0.6) is 0 Å². The molecule has 0 bridgehead atoms. The number of thiazole rings is 1. The van der Waals surface area contributed by atoms with Crippen molar-refractivity contribution in [2.75, 3.05) is 19.0 Å². The van der Waals surface area contributed by atoms with Crippen molar-refractivity contribution >= 4 is 38.6 Å². The number of nitrogens with zero attached hydrogens (tertiary/aromatic N) is 6. The van der Waals surface area contributed by atoms with Crippen LogP contribution in [0, 0.1) is 0 Å². The van der Waals surface area contributed by atoms with Crippen LogP contribution in [0.1, 0.15) is 59.3 Å². The van der Waals surface area contributed by atoms with Crippen LogP contribution in [0.2, 0.25) is 13.3 Å². The van der Waals surface area contributed by atoms with E-state index in [-0.39, 0.29) is 0 Å². The van der Waals surface area contributed by atoms with Gasteiger partial charge in [-0.1, -0.05) is 0 Å². The summed E-state index contributed by atoms with van der Waals surface area (Å²) in [6.07, 6.45) is 10.2. The number of rotatable bonds is 12. The van der Waals surface area contributed by atoms with Gasteiger partial charge in [0.25, 0.3) is 0 Å². The van der Waals surface area contributed by atoms with E-state index >= 15 is 0 Å². The van der Waals surface area contributed by atoms with Gasteiger partial charge in [-0.25, -0.2) is 0 Å². The molecule has 0 fully saturated rings. The van der Waals surface area contributed by atoms with Gasteiger partial charge >= 0.3 is 167 Å². The first-order valence-corrected chi connectivity index (χ1v) is 18.3. The summed E-state index contributed by atoms with van der Waals surface area (Å²) in [4.78, 5) is 6.69. The standard InChI is InChI=1S/C6H7N6S.3C4H9.Sn/c1-11(2)5-8-9-10-12(5)6-7-3-4-13-6;3*1-3-4-2;/h3H,1-2H3;3*1,3-4H2,2H3;. The first-order valence-electron chi connectivity index (χ1n) is 10.00. The molecule has 146 valence electrons. The second-order valence-electron chi connectivity index (χ2n) is 7.38. The topological polar surface area (TPSA) is 59.7 Å². The summed E-state index contributed by atoms with van der Waals surface area (Å²) in [5.74, 6) is 0.738. The van der Waals surface area contributed by atoms with E-state index in [2.05, 4.69) is 42.5 Å². The SMILES string of the molecule is CCC[CH2][Sn]([CH2]CCC)([CH2]CCC)[c]1cnc(-n2nnnc2N(C)C)s1. The molecule has 0 spiro atoms. The first kappa shape index (κ1) is 21.6. The van der Waals surface area contributed by atoms with Crippen molar-refractivity contribution in [2.45, 2.75) is 72.6 Å². The van der Waals surface area contributed by atoms with Crippen molar-refractivity contribution in [2.24, 2.45) is 0 Å². The summed E-state index contributed by atoms with van der Waals surface area (Å²) in [5.41, 5.74) is 0. The third-order valence-corrected chi connectivity index (χ3v) is 24.2. The molecule has 0 radical (unpaired) electrons. The summed E-state index contributed by atoms with van der Waals surface area (Å²) in [5, 5.41) is 13.1.